The van der Waals surface area contributed by atoms with E-state index in [1.54, 1.807) is 6.20 Å². The van der Waals surface area contributed by atoms with Crippen LogP contribution in [0.25, 0.3) is 5.69 Å². The molecule has 0 radical (unpaired) electrons. The number of aryl methyl sites for hydroxylation is 1. The van der Waals surface area contributed by atoms with Gasteiger partial charge in [0.15, 0.2) is 5.11 Å². The molecule has 0 amide bonds. The minimum atomic E-state index is -0.266. The summed E-state index contributed by atoms with van der Waals surface area (Å²) >= 11 is 11.9. The summed E-state index contributed by atoms with van der Waals surface area (Å²) in [6.45, 7) is 4.62. The number of aromatic nitrogens is 2. The maximum Gasteiger partial charge on any atom is 0.307 e. The van der Waals surface area contributed by atoms with Crippen LogP contribution in [0, 0.1) is 13.8 Å². The number of rotatable bonds is 6. The number of nitrogens with one attached hydrogen (secondary N) is 1. The molecule has 2 atom stereocenters. The van der Waals surface area contributed by atoms with Crippen LogP contribution < -0.4 is 5.32 Å². The second kappa shape index (κ2) is 9.30. The van der Waals surface area contributed by atoms with Crippen LogP contribution in [0.15, 0.2) is 54.7 Å². The molecule has 0 bridgehead atoms. The van der Waals surface area contributed by atoms with E-state index in [0.717, 1.165) is 28.3 Å². The zero-order valence-electron chi connectivity index (χ0n) is 18.2. The van der Waals surface area contributed by atoms with Crippen molar-refractivity contribution >= 4 is 34.9 Å². The number of benzene rings is 1. The van der Waals surface area contributed by atoms with E-state index in [1.165, 1.54) is 7.11 Å². The molecule has 1 aromatic carbocycles. The first kappa shape index (κ1) is 22.3. The highest BCUT2D eigenvalue weighted by Crippen LogP contribution is 2.41. The van der Waals surface area contributed by atoms with E-state index in [4.69, 9.17) is 28.6 Å². The van der Waals surface area contributed by atoms with Gasteiger partial charge in [0.2, 0.25) is 0 Å². The lowest BCUT2D eigenvalue weighted by atomic mass is 9.96. The summed E-state index contributed by atoms with van der Waals surface area (Å²) in [7, 11) is 1.40. The van der Waals surface area contributed by atoms with Gasteiger partial charge in [-0.15, -0.1) is 0 Å². The van der Waals surface area contributed by atoms with Crippen molar-refractivity contribution < 1.29 is 9.53 Å². The van der Waals surface area contributed by atoms with Crippen molar-refractivity contribution in [1.82, 2.24) is 19.8 Å². The molecule has 0 unspecified atom stereocenters. The quantitative estimate of drug-likeness (QED) is 0.418. The van der Waals surface area contributed by atoms with E-state index >= 15 is 0 Å². The molecule has 4 rings (SSSR count). The highest BCUT2D eigenvalue weighted by atomic mass is 35.5. The van der Waals surface area contributed by atoms with Crippen molar-refractivity contribution in [2.24, 2.45) is 0 Å². The number of thiocarbonyl (C=S) groups is 1. The first-order valence-electron chi connectivity index (χ1n) is 10.4. The van der Waals surface area contributed by atoms with Crippen molar-refractivity contribution in [3.05, 3.63) is 82.4 Å². The van der Waals surface area contributed by atoms with E-state index in [0.29, 0.717) is 16.7 Å². The Kier molecular flexibility index (Phi) is 6.48. The number of nitrogens with zero attached hydrogens (tertiary/aromatic N) is 3. The SMILES string of the molecule is COC(=O)CCN1C(=S)N[C@@H](c2ccccn2)[C@@H]1c1cc(C)n(-c2cccc(Cl)c2)c1C. The van der Waals surface area contributed by atoms with E-state index < -0.39 is 0 Å². The smallest absolute Gasteiger partial charge is 0.307 e. The Bertz CT molecular complexity index is 1150. The van der Waals surface area contributed by atoms with Crippen LogP contribution in [-0.2, 0) is 9.53 Å². The summed E-state index contributed by atoms with van der Waals surface area (Å²) < 4.78 is 7.05. The van der Waals surface area contributed by atoms with Crippen molar-refractivity contribution in [3.63, 3.8) is 0 Å². The van der Waals surface area contributed by atoms with Crippen LogP contribution in [0.3, 0.4) is 0 Å². The second-order valence-corrected chi connectivity index (χ2v) is 8.61. The van der Waals surface area contributed by atoms with E-state index in [9.17, 15) is 4.79 Å². The topological polar surface area (TPSA) is 59.4 Å². The molecule has 0 saturated carbocycles. The van der Waals surface area contributed by atoms with Gasteiger partial charge in [-0.2, -0.15) is 0 Å². The number of ether oxygens (including phenoxy) is 1. The minimum absolute atomic E-state index is 0.124. The first-order chi connectivity index (χ1) is 15.4. The highest BCUT2D eigenvalue weighted by Gasteiger charge is 2.41. The molecule has 1 aliphatic rings. The van der Waals surface area contributed by atoms with Crippen molar-refractivity contribution in [1.29, 1.82) is 0 Å². The highest BCUT2D eigenvalue weighted by molar-refractivity contribution is 7.80. The zero-order chi connectivity index (χ0) is 22.8. The largest absolute Gasteiger partial charge is 0.469 e. The molecule has 166 valence electrons. The number of carbonyl (C=O) groups excluding carboxylic acids is 1. The fourth-order valence-corrected chi connectivity index (χ4v) is 4.91. The molecule has 3 aromatic rings. The zero-order valence-corrected chi connectivity index (χ0v) is 19.8. The molecule has 0 aliphatic carbocycles. The summed E-state index contributed by atoms with van der Waals surface area (Å²) in [5, 5.41) is 4.71. The fourth-order valence-electron chi connectivity index (χ4n) is 4.40. The van der Waals surface area contributed by atoms with Crippen molar-refractivity contribution in [3.8, 4) is 5.69 Å². The number of hydrogen-bond acceptors (Lipinski definition) is 4. The molecule has 8 heteroatoms. The predicted octanol–water partition coefficient (Wildman–Crippen LogP) is 4.68. The van der Waals surface area contributed by atoms with Gasteiger partial charge >= 0.3 is 5.97 Å². The van der Waals surface area contributed by atoms with Crippen molar-refractivity contribution in [2.75, 3.05) is 13.7 Å². The predicted molar refractivity (Wildman–Crippen MR) is 129 cm³/mol. The average Bonchev–Trinajstić information content (AvgIpc) is 3.27. The Balaban J connectivity index is 1.80. The standard InChI is InChI=1S/C24H25ClN4O2S/c1-15-13-19(16(2)29(15)18-8-6-7-17(25)14-18)23-22(20-9-4-5-11-26-20)27-24(32)28(23)12-10-21(30)31-3/h4-9,11,13-14,22-23H,10,12H2,1-3H3,(H,27,32)/t22-,23-/m0/s1. The third kappa shape index (κ3) is 4.23. The summed E-state index contributed by atoms with van der Waals surface area (Å²) in [6.07, 6.45) is 2.03. The maximum atomic E-state index is 11.9. The summed E-state index contributed by atoms with van der Waals surface area (Å²) in [5.74, 6) is -0.266. The summed E-state index contributed by atoms with van der Waals surface area (Å²) in [4.78, 5) is 18.5. The molecule has 1 fully saturated rings. The molecule has 6 nitrogen and oxygen atoms in total. The van der Waals surface area contributed by atoms with Crippen LogP contribution in [-0.4, -0.2) is 39.2 Å². The lowest BCUT2D eigenvalue weighted by Gasteiger charge is -2.28. The van der Waals surface area contributed by atoms with E-state index in [2.05, 4.69) is 39.7 Å². The Morgan fingerprint density at radius 1 is 1.22 bits per heavy atom. The van der Waals surface area contributed by atoms with Gasteiger partial charge in [0.25, 0.3) is 0 Å². The molecule has 1 saturated heterocycles. The molecule has 1 aliphatic heterocycles. The first-order valence-corrected chi connectivity index (χ1v) is 11.2. The maximum absolute atomic E-state index is 11.9. The Hall–Kier alpha value is -2.90. The van der Waals surface area contributed by atoms with Gasteiger partial charge in [0.05, 0.1) is 31.3 Å². The molecule has 32 heavy (non-hydrogen) atoms. The number of halogens is 1. The van der Waals surface area contributed by atoms with Gasteiger partial charge in [0.1, 0.15) is 0 Å². The molecular formula is C24H25ClN4O2S. The van der Waals surface area contributed by atoms with Crippen LogP contribution >= 0.6 is 23.8 Å². The number of hydrogen-bond donors (Lipinski definition) is 1. The molecule has 3 heterocycles. The monoisotopic (exact) mass is 468 g/mol. The number of pyridine rings is 1. The molecule has 2 aromatic heterocycles. The van der Waals surface area contributed by atoms with Crippen LogP contribution in [0.5, 0.6) is 0 Å². The fraction of sp³-hybridized carbons (Fsp3) is 0.292. The van der Waals surface area contributed by atoms with Gasteiger partial charge in [-0.25, -0.2) is 0 Å². The number of esters is 1. The van der Waals surface area contributed by atoms with Gasteiger partial charge in [-0.1, -0.05) is 23.7 Å². The lowest BCUT2D eigenvalue weighted by Crippen LogP contribution is -2.32. The van der Waals surface area contributed by atoms with Gasteiger partial charge in [0, 0.05) is 34.8 Å². The summed E-state index contributed by atoms with van der Waals surface area (Å²) in [6, 6.07) is 15.6. The lowest BCUT2D eigenvalue weighted by molar-refractivity contribution is -0.140. The van der Waals surface area contributed by atoms with E-state index in [-0.39, 0.29) is 24.5 Å². The van der Waals surface area contributed by atoms with Gasteiger partial charge < -0.3 is 19.5 Å². The number of methoxy groups -OCH3 is 1. The van der Waals surface area contributed by atoms with Crippen molar-refractivity contribution in [2.45, 2.75) is 32.4 Å². The second-order valence-electron chi connectivity index (χ2n) is 7.79. The normalized spacial score (nSPS) is 18.0. The van der Waals surface area contributed by atoms with E-state index in [1.807, 2.05) is 42.5 Å². The van der Waals surface area contributed by atoms with Crippen LogP contribution in [0.1, 0.15) is 41.1 Å². The third-order valence-electron chi connectivity index (χ3n) is 5.84. The van der Waals surface area contributed by atoms with Crippen LogP contribution in [0.4, 0.5) is 0 Å². The van der Waals surface area contributed by atoms with Gasteiger partial charge in [-0.3, -0.25) is 9.78 Å². The van der Waals surface area contributed by atoms with Gasteiger partial charge in [-0.05, 0) is 68.0 Å². The average molecular weight is 469 g/mol. The minimum Gasteiger partial charge on any atom is -0.469 e. The van der Waals surface area contributed by atoms with Crippen LogP contribution in [0.2, 0.25) is 5.02 Å². The Morgan fingerprint density at radius 2 is 2.03 bits per heavy atom. The molecule has 0 spiro atoms. The molecular weight excluding hydrogens is 444 g/mol. The molecule has 1 N–H and O–H groups in total. The Morgan fingerprint density at radius 3 is 2.72 bits per heavy atom. The third-order valence-corrected chi connectivity index (χ3v) is 6.43. The summed E-state index contributed by atoms with van der Waals surface area (Å²) in [5.41, 5.74) is 5.20. The Labute approximate surface area is 198 Å². The number of carbonyl (C=O) groups is 1.